The molecule has 0 saturated carbocycles. The summed E-state index contributed by atoms with van der Waals surface area (Å²) < 4.78 is 48.9. The van der Waals surface area contributed by atoms with Crippen molar-refractivity contribution in [1.29, 1.82) is 0 Å². The minimum Gasteiger partial charge on any atom is -0.321 e. The molecule has 1 aromatic heterocycles. The maximum absolute atomic E-state index is 12.5. The average molecular weight is 320 g/mol. The number of hydrogen-bond donors (Lipinski definition) is 2. The predicted octanol–water partition coefficient (Wildman–Crippen LogP) is -0.825. The Labute approximate surface area is 117 Å². The van der Waals surface area contributed by atoms with Crippen molar-refractivity contribution < 1.29 is 16.8 Å². The highest BCUT2D eigenvalue weighted by molar-refractivity contribution is 7.92. The van der Waals surface area contributed by atoms with Crippen molar-refractivity contribution in [3.8, 4) is 0 Å². The van der Waals surface area contributed by atoms with Crippen molar-refractivity contribution in [1.82, 2.24) is 9.29 Å². The highest BCUT2D eigenvalue weighted by Gasteiger charge is 2.37. The number of hydrazine groups is 1. The van der Waals surface area contributed by atoms with Gasteiger partial charge >= 0.3 is 0 Å². The van der Waals surface area contributed by atoms with Gasteiger partial charge in [0.1, 0.15) is 0 Å². The van der Waals surface area contributed by atoms with Crippen molar-refractivity contribution >= 4 is 25.5 Å². The van der Waals surface area contributed by atoms with Crippen LogP contribution in [0.5, 0.6) is 0 Å². The van der Waals surface area contributed by atoms with Gasteiger partial charge in [-0.1, -0.05) is 0 Å². The molecular formula is C10H16N4O4S2. The van der Waals surface area contributed by atoms with Gasteiger partial charge in [-0.25, -0.2) is 21.8 Å². The number of rotatable bonds is 4. The van der Waals surface area contributed by atoms with E-state index in [1.807, 2.05) is 0 Å². The molecule has 0 aliphatic carbocycles. The van der Waals surface area contributed by atoms with Gasteiger partial charge in [0, 0.05) is 19.3 Å². The maximum Gasteiger partial charge on any atom is 0.262 e. The van der Waals surface area contributed by atoms with E-state index < -0.39 is 25.9 Å². The number of nitrogens with zero attached hydrogens (tertiary/aromatic N) is 2. The summed E-state index contributed by atoms with van der Waals surface area (Å²) in [6.45, 7) is 0. The zero-order chi connectivity index (χ0) is 15.0. The molecule has 2 rings (SSSR count). The summed E-state index contributed by atoms with van der Waals surface area (Å²) in [6.07, 6.45) is 1.63. The molecule has 1 atom stereocenters. The van der Waals surface area contributed by atoms with Crippen LogP contribution in [0.25, 0.3) is 0 Å². The van der Waals surface area contributed by atoms with Crippen LogP contribution in [0.3, 0.4) is 0 Å². The van der Waals surface area contributed by atoms with Crippen LogP contribution in [0.2, 0.25) is 0 Å². The molecule has 0 amide bonds. The Morgan fingerprint density at radius 3 is 2.75 bits per heavy atom. The van der Waals surface area contributed by atoms with Gasteiger partial charge in [-0.15, -0.1) is 0 Å². The lowest BCUT2D eigenvalue weighted by Crippen LogP contribution is -2.38. The molecule has 1 saturated heterocycles. The van der Waals surface area contributed by atoms with Crippen LogP contribution in [0.15, 0.2) is 23.4 Å². The summed E-state index contributed by atoms with van der Waals surface area (Å²) in [4.78, 5) is 3.83. The second-order valence-electron chi connectivity index (χ2n) is 4.58. The molecule has 0 radical (unpaired) electrons. The first kappa shape index (κ1) is 15.2. The number of pyridine rings is 1. The van der Waals surface area contributed by atoms with Crippen molar-refractivity contribution in [3.05, 3.63) is 18.3 Å². The van der Waals surface area contributed by atoms with Crippen molar-refractivity contribution in [3.63, 3.8) is 0 Å². The van der Waals surface area contributed by atoms with Crippen molar-refractivity contribution in [2.24, 2.45) is 5.84 Å². The lowest BCUT2D eigenvalue weighted by atomic mass is 10.3. The van der Waals surface area contributed by atoms with Crippen LogP contribution >= 0.6 is 0 Å². The normalized spacial score (nSPS) is 22.1. The molecule has 1 aliphatic heterocycles. The Morgan fingerprint density at radius 1 is 1.50 bits per heavy atom. The first-order valence-electron chi connectivity index (χ1n) is 5.88. The first-order valence-corrected chi connectivity index (χ1v) is 9.14. The lowest BCUT2D eigenvalue weighted by molar-refractivity contribution is 0.392. The van der Waals surface area contributed by atoms with Gasteiger partial charge in [-0.05, 0) is 18.6 Å². The van der Waals surface area contributed by atoms with E-state index in [9.17, 15) is 16.8 Å². The van der Waals surface area contributed by atoms with E-state index >= 15 is 0 Å². The third kappa shape index (κ3) is 2.77. The van der Waals surface area contributed by atoms with Gasteiger partial charge < -0.3 is 5.43 Å². The van der Waals surface area contributed by atoms with Crippen LogP contribution in [0.1, 0.15) is 6.42 Å². The SMILES string of the molecule is CN(C1CCS(=O)(=O)C1)S(=O)(=O)c1ncccc1NN. The van der Waals surface area contributed by atoms with Crippen LogP contribution in [-0.2, 0) is 19.9 Å². The number of sulfone groups is 1. The summed E-state index contributed by atoms with van der Waals surface area (Å²) >= 11 is 0. The number of sulfonamides is 1. The number of nitrogens with two attached hydrogens (primary N) is 1. The van der Waals surface area contributed by atoms with Gasteiger partial charge in [-0.3, -0.25) is 5.84 Å². The zero-order valence-corrected chi connectivity index (χ0v) is 12.5. The fourth-order valence-electron chi connectivity index (χ4n) is 2.10. The van der Waals surface area contributed by atoms with E-state index in [1.165, 1.54) is 19.3 Å². The molecular weight excluding hydrogens is 304 g/mol. The zero-order valence-electron chi connectivity index (χ0n) is 10.9. The molecule has 2 heterocycles. The first-order chi connectivity index (χ1) is 9.28. The summed E-state index contributed by atoms with van der Waals surface area (Å²) in [7, 11) is -5.71. The van der Waals surface area contributed by atoms with Gasteiger partial charge in [-0.2, -0.15) is 4.31 Å². The van der Waals surface area contributed by atoms with Crippen LogP contribution in [0, 0.1) is 0 Å². The van der Waals surface area contributed by atoms with E-state index in [0.29, 0.717) is 0 Å². The number of hydrogen-bond acceptors (Lipinski definition) is 7. The largest absolute Gasteiger partial charge is 0.321 e. The van der Waals surface area contributed by atoms with Crippen LogP contribution in [0.4, 0.5) is 5.69 Å². The highest BCUT2D eigenvalue weighted by Crippen LogP contribution is 2.25. The molecule has 112 valence electrons. The fraction of sp³-hybridized carbons (Fsp3) is 0.500. The Bertz CT molecular complexity index is 702. The van der Waals surface area contributed by atoms with Gasteiger partial charge in [0.05, 0.1) is 17.2 Å². The van der Waals surface area contributed by atoms with E-state index in [4.69, 9.17) is 5.84 Å². The molecule has 0 bridgehead atoms. The number of nitrogen functional groups attached to an aromatic ring is 1. The Balaban J connectivity index is 2.35. The van der Waals surface area contributed by atoms with Gasteiger partial charge in [0.15, 0.2) is 14.9 Å². The average Bonchev–Trinajstić information content (AvgIpc) is 2.78. The van der Waals surface area contributed by atoms with Crippen LogP contribution in [-0.4, -0.2) is 50.7 Å². The Morgan fingerprint density at radius 2 is 2.20 bits per heavy atom. The monoisotopic (exact) mass is 320 g/mol. The Hall–Kier alpha value is -1.23. The molecule has 10 heteroatoms. The van der Waals surface area contributed by atoms with E-state index in [1.54, 1.807) is 6.07 Å². The molecule has 1 fully saturated rings. The molecule has 8 nitrogen and oxygen atoms in total. The maximum atomic E-state index is 12.5. The predicted molar refractivity (Wildman–Crippen MR) is 74.1 cm³/mol. The second-order valence-corrected chi connectivity index (χ2v) is 8.72. The summed E-state index contributed by atoms with van der Waals surface area (Å²) in [5.74, 6) is 5.11. The standard InChI is InChI=1S/C10H16N4O4S2/c1-14(8-4-6-19(15,16)7-8)20(17,18)10-9(13-11)3-2-5-12-10/h2-3,5,8,13H,4,6-7,11H2,1H3. The van der Waals surface area contributed by atoms with Gasteiger partial charge in [0.2, 0.25) is 0 Å². The quantitative estimate of drug-likeness (QED) is 0.548. The molecule has 1 aromatic rings. The third-order valence-electron chi connectivity index (χ3n) is 3.27. The molecule has 0 aromatic carbocycles. The topological polar surface area (TPSA) is 122 Å². The molecule has 0 spiro atoms. The van der Waals surface area contributed by atoms with E-state index in [2.05, 4.69) is 10.4 Å². The minimum absolute atomic E-state index is 0.00173. The van der Waals surface area contributed by atoms with Gasteiger partial charge in [0.25, 0.3) is 10.0 Å². The highest BCUT2D eigenvalue weighted by atomic mass is 32.2. The fourth-order valence-corrected chi connectivity index (χ4v) is 5.41. The summed E-state index contributed by atoms with van der Waals surface area (Å²) in [5, 5.41) is -0.214. The number of anilines is 1. The van der Waals surface area contributed by atoms with Crippen molar-refractivity contribution in [2.75, 3.05) is 24.0 Å². The van der Waals surface area contributed by atoms with E-state index in [0.717, 1.165) is 4.31 Å². The lowest BCUT2D eigenvalue weighted by Gasteiger charge is -2.23. The smallest absolute Gasteiger partial charge is 0.262 e. The molecule has 1 aliphatic rings. The molecule has 20 heavy (non-hydrogen) atoms. The number of aromatic nitrogens is 1. The molecule has 1 unspecified atom stereocenters. The Kier molecular flexibility index (Phi) is 4.00. The third-order valence-corrected chi connectivity index (χ3v) is 6.89. The van der Waals surface area contributed by atoms with Crippen molar-refractivity contribution in [2.45, 2.75) is 17.5 Å². The number of nitrogens with one attached hydrogen (secondary N) is 1. The van der Waals surface area contributed by atoms with E-state index in [-0.39, 0.29) is 28.6 Å². The molecule has 3 N–H and O–H groups in total. The van der Waals surface area contributed by atoms with Crippen LogP contribution < -0.4 is 11.3 Å². The second kappa shape index (κ2) is 5.28. The summed E-state index contributed by atoms with van der Waals surface area (Å²) in [6, 6.07) is 2.46. The summed E-state index contributed by atoms with van der Waals surface area (Å²) in [5.41, 5.74) is 2.44. The minimum atomic E-state index is -3.90.